The van der Waals surface area contributed by atoms with Crippen molar-refractivity contribution in [1.29, 1.82) is 0 Å². The van der Waals surface area contributed by atoms with E-state index in [9.17, 15) is 5.11 Å². The first-order valence-electron chi connectivity index (χ1n) is 4.21. The van der Waals surface area contributed by atoms with E-state index in [-0.39, 0.29) is 0 Å². The molecule has 0 rings (SSSR count). The second-order valence-corrected chi connectivity index (χ2v) is 4.33. The van der Waals surface area contributed by atoms with Crippen LogP contribution in [0.15, 0.2) is 10.2 Å². The van der Waals surface area contributed by atoms with Gasteiger partial charge in [-0.15, -0.1) is 0 Å². The van der Waals surface area contributed by atoms with Crippen LogP contribution in [-0.4, -0.2) is 33.2 Å². The van der Waals surface area contributed by atoms with Gasteiger partial charge in [0.1, 0.15) is 0 Å². The number of hydrogen-bond acceptors (Lipinski definition) is 1. The molecule has 0 aromatic heterocycles. The fraction of sp³-hybridized carbons (Fsp3) is 0.778. The van der Waals surface area contributed by atoms with Crippen LogP contribution in [0.3, 0.4) is 0 Å². The van der Waals surface area contributed by atoms with Gasteiger partial charge < -0.3 is 0 Å². The summed E-state index contributed by atoms with van der Waals surface area (Å²) < 4.78 is 2.12. The van der Waals surface area contributed by atoms with Gasteiger partial charge in [-0.2, -0.15) is 0 Å². The van der Waals surface area contributed by atoms with E-state index in [2.05, 4.69) is 17.1 Å². The Labute approximate surface area is 83.0 Å². The van der Waals surface area contributed by atoms with Crippen LogP contribution in [0.25, 0.3) is 0 Å². The first-order chi connectivity index (χ1) is 5.12. The topological polar surface area (TPSA) is 20.2 Å². The Morgan fingerprint density at radius 1 is 1.55 bits per heavy atom. The Balaban J connectivity index is 3.60. The van der Waals surface area contributed by atoms with E-state index in [0.29, 0.717) is 0 Å². The number of hydrogen-bond donors (Lipinski definition) is 1. The van der Waals surface area contributed by atoms with Gasteiger partial charge in [0.25, 0.3) is 0 Å². The third-order valence-electron chi connectivity index (χ3n) is 1.76. The summed E-state index contributed by atoms with van der Waals surface area (Å²) in [4.78, 5) is 0. The summed E-state index contributed by atoms with van der Waals surface area (Å²) in [5.74, 6) is 0. The molecular formula is C9H18OSn. The van der Waals surface area contributed by atoms with Crippen molar-refractivity contribution in [2.45, 2.75) is 45.1 Å². The molecule has 1 nitrogen and oxygen atoms in total. The van der Waals surface area contributed by atoms with Crippen molar-refractivity contribution in [2.24, 2.45) is 0 Å². The Hall–Kier alpha value is 0.499. The molecule has 2 radical (unpaired) electrons. The van der Waals surface area contributed by atoms with Crippen molar-refractivity contribution >= 4 is 22.5 Å². The molecule has 1 N–H and O–H groups in total. The monoisotopic (exact) mass is 262 g/mol. The van der Waals surface area contributed by atoms with Gasteiger partial charge in [0.05, 0.1) is 0 Å². The zero-order valence-electron chi connectivity index (χ0n) is 7.51. The van der Waals surface area contributed by atoms with Gasteiger partial charge in [-0.25, -0.2) is 0 Å². The van der Waals surface area contributed by atoms with Gasteiger partial charge in [-0.1, -0.05) is 0 Å². The predicted octanol–water partition coefficient (Wildman–Crippen LogP) is 1.73. The molecule has 1 unspecified atom stereocenters. The average molecular weight is 261 g/mol. The maximum atomic E-state index is 9.74. The van der Waals surface area contributed by atoms with Gasteiger partial charge in [-0.05, 0) is 0 Å². The van der Waals surface area contributed by atoms with Gasteiger partial charge in [0.15, 0.2) is 0 Å². The molecule has 64 valence electrons. The zero-order valence-corrected chi connectivity index (χ0v) is 10.8. The zero-order chi connectivity index (χ0) is 8.74. The fourth-order valence-electron chi connectivity index (χ4n) is 0.982. The van der Waals surface area contributed by atoms with E-state index < -0.39 is 5.60 Å². The second-order valence-electron chi connectivity index (χ2n) is 3.23. The summed E-state index contributed by atoms with van der Waals surface area (Å²) in [5.41, 5.74) is -0.463. The van der Waals surface area contributed by atoms with Crippen LogP contribution < -0.4 is 0 Å². The minimum atomic E-state index is -0.463. The van der Waals surface area contributed by atoms with E-state index in [1.54, 1.807) is 0 Å². The molecule has 0 aliphatic heterocycles. The molecular weight excluding hydrogens is 243 g/mol. The molecule has 0 bridgehead atoms. The molecule has 0 aromatic rings. The summed E-state index contributed by atoms with van der Waals surface area (Å²) in [5, 5.41) is 9.74. The van der Waals surface area contributed by atoms with Crippen molar-refractivity contribution < 1.29 is 5.11 Å². The molecule has 0 aromatic carbocycles. The van der Waals surface area contributed by atoms with Crippen LogP contribution in [0, 0.1) is 0 Å². The molecule has 0 heterocycles. The van der Waals surface area contributed by atoms with Crippen molar-refractivity contribution in [3.8, 4) is 0 Å². The van der Waals surface area contributed by atoms with Crippen molar-refractivity contribution in [3.05, 3.63) is 10.2 Å². The maximum absolute atomic E-state index is 9.74. The number of rotatable bonds is 5. The summed E-state index contributed by atoms with van der Waals surface area (Å²) in [6.07, 6.45) is 6.11. The van der Waals surface area contributed by atoms with Crippen molar-refractivity contribution in [2.75, 3.05) is 0 Å². The van der Waals surface area contributed by atoms with Crippen LogP contribution >= 0.6 is 0 Å². The van der Waals surface area contributed by atoms with E-state index in [4.69, 9.17) is 0 Å². The van der Waals surface area contributed by atoms with Crippen LogP contribution in [0.5, 0.6) is 0 Å². The number of unbranched alkanes of at least 4 members (excludes halogenated alkanes) is 1. The molecule has 0 saturated carbocycles. The standard InChI is InChI=1S/C9H17O.Sn.H/c1-4-6-8-9(3,10)7-5-2;;/h2,5,10H,4,6-8H2,1,3H3;;. The molecule has 1 atom stereocenters. The predicted molar refractivity (Wildman–Crippen MR) is 51.1 cm³/mol. The summed E-state index contributed by atoms with van der Waals surface area (Å²) in [6.45, 7) is 4.07. The van der Waals surface area contributed by atoms with E-state index >= 15 is 0 Å². The normalized spacial score (nSPS) is 17.1. The molecule has 0 aliphatic carbocycles. The minimum absolute atomic E-state index is 0.463. The Morgan fingerprint density at radius 3 is 2.64 bits per heavy atom. The second kappa shape index (κ2) is 6.06. The molecule has 0 fully saturated rings. The van der Waals surface area contributed by atoms with E-state index in [1.807, 2.05) is 6.92 Å². The summed E-state index contributed by atoms with van der Waals surface area (Å²) >= 11 is 1.15. The van der Waals surface area contributed by atoms with Crippen LogP contribution in [0.2, 0.25) is 0 Å². The van der Waals surface area contributed by atoms with Gasteiger partial charge in [-0.3, -0.25) is 0 Å². The first kappa shape index (κ1) is 11.5. The number of aliphatic hydroxyl groups is 1. The molecule has 0 amide bonds. The molecule has 0 aliphatic rings. The molecule has 11 heavy (non-hydrogen) atoms. The third kappa shape index (κ3) is 6.88. The SMILES string of the molecule is CCCCC(C)(O)CC=[CH][SnH]. The van der Waals surface area contributed by atoms with Crippen LogP contribution in [0.4, 0.5) is 0 Å². The van der Waals surface area contributed by atoms with Crippen LogP contribution in [0.1, 0.15) is 39.5 Å². The van der Waals surface area contributed by atoms with Crippen molar-refractivity contribution in [3.63, 3.8) is 0 Å². The van der Waals surface area contributed by atoms with Crippen molar-refractivity contribution in [1.82, 2.24) is 0 Å². The van der Waals surface area contributed by atoms with Crippen LogP contribution in [-0.2, 0) is 0 Å². The quantitative estimate of drug-likeness (QED) is 0.747. The van der Waals surface area contributed by atoms with Gasteiger partial charge in [0, 0.05) is 0 Å². The molecule has 2 heteroatoms. The average Bonchev–Trinajstić information content (AvgIpc) is 1.97. The molecule has 0 saturated heterocycles. The summed E-state index contributed by atoms with van der Waals surface area (Å²) in [6, 6.07) is 0. The van der Waals surface area contributed by atoms with E-state index in [1.165, 1.54) is 6.42 Å². The fourth-order valence-corrected chi connectivity index (χ4v) is 1.37. The third-order valence-corrected chi connectivity index (χ3v) is 2.54. The Bertz CT molecular complexity index is 119. The van der Waals surface area contributed by atoms with Gasteiger partial charge >= 0.3 is 82.9 Å². The molecule has 0 spiro atoms. The summed E-state index contributed by atoms with van der Waals surface area (Å²) in [7, 11) is 0. The first-order valence-corrected chi connectivity index (χ1v) is 6.12. The Morgan fingerprint density at radius 2 is 2.18 bits per heavy atom. The van der Waals surface area contributed by atoms with E-state index in [0.717, 1.165) is 41.8 Å². The Kier molecular flexibility index (Phi) is 6.34. The van der Waals surface area contributed by atoms with Gasteiger partial charge in [0.2, 0.25) is 0 Å².